The van der Waals surface area contributed by atoms with Gasteiger partial charge in [-0.25, -0.2) is 24.3 Å². The molecule has 6 rings (SSSR count). The normalized spacial score (nSPS) is 11.4. The lowest BCUT2D eigenvalue weighted by Crippen LogP contribution is -2.09. The Morgan fingerprint density at radius 1 is 1.17 bits per heavy atom. The standard InChI is InChI=1S/C24H19FN10O/c1-3-17(36)30-14-6-13(7-26-8-14)15-9-28-22-18(19(15)25)21(33-34-22)24-31-20-16(4-5-27-23(20)32-24)35-10-12(2)29-11-35/h4-11H,3H2,1-2H3,(H,30,36)(H,27,31,32)(H,28,33,34). The Kier molecular flexibility index (Phi) is 4.99. The molecule has 0 fully saturated rings. The number of carbonyl (C=O) groups excluding carboxylic acids is 1. The molecule has 0 aliphatic carbocycles. The zero-order valence-corrected chi connectivity index (χ0v) is 19.2. The zero-order valence-electron chi connectivity index (χ0n) is 19.2. The number of hydrogen-bond donors (Lipinski definition) is 3. The quantitative estimate of drug-likeness (QED) is 0.338. The molecule has 0 saturated heterocycles. The molecular formula is C24H19FN10O. The summed E-state index contributed by atoms with van der Waals surface area (Å²) in [6.07, 6.45) is 9.98. The number of pyridine rings is 3. The van der Waals surface area contributed by atoms with E-state index in [2.05, 4.69) is 45.4 Å². The number of anilines is 1. The number of nitrogens with zero attached hydrogens (tertiary/aromatic N) is 7. The van der Waals surface area contributed by atoms with Crippen molar-refractivity contribution < 1.29 is 9.18 Å². The van der Waals surface area contributed by atoms with Gasteiger partial charge in [0.15, 0.2) is 17.1 Å². The predicted octanol–water partition coefficient (Wildman–Crippen LogP) is 3.94. The first-order chi connectivity index (χ1) is 17.5. The van der Waals surface area contributed by atoms with E-state index in [0.29, 0.717) is 34.7 Å². The van der Waals surface area contributed by atoms with E-state index >= 15 is 4.39 Å². The first-order valence-corrected chi connectivity index (χ1v) is 11.2. The number of halogens is 1. The summed E-state index contributed by atoms with van der Waals surface area (Å²) < 4.78 is 17.8. The minimum atomic E-state index is -0.539. The van der Waals surface area contributed by atoms with Crippen LogP contribution in [0.5, 0.6) is 0 Å². The predicted molar refractivity (Wildman–Crippen MR) is 131 cm³/mol. The van der Waals surface area contributed by atoms with Crippen LogP contribution < -0.4 is 5.32 Å². The van der Waals surface area contributed by atoms with Crippen LogP contribution in [0, 0.1) is 12.7 Å². The van der Waals surface area contributed by atoms with Gasteiger partial charge in [-0.1, -0.05) is 6.92 Å². The van der Waals surface area contributed by atoms with E-state index < -0.39 is 5.82 Å². The Morgan fingerprint density at radius 2 is 2.06 bits per heavy atom. The highest BCUT2D eigenvalue weighted by Crippen LogP contribution is 2.33. The van der Waals surface area contributed by atoms with Crippen molar-refractivity contribution in [3.8, 4) is 28.3 Å². The number of fused-ring (bicyclic) bond motifs is 2. The fourth-order valence-electron chi connectivity index (χ4n) is 4.00. The van der Waals surface area contributed by atoms with E-state index in [4.69, 9.17) is 0 Å². The van der Waals surface area contributed by atoms with Crippen molar-refractivity contribution in [2.75, 3.05) is 5.32 Å². The van der Waals surface area contributed by atoms with Gasteiger partial charge >= 0.3 is 0 Å². The number of nitrogens with one attached hydrogen (secondary N) is 3. The molecule has 6 aromatic heterocycles. The molecule has 0 unspecified atom stereocenters. The largest absolute Gasteiger partial charge is 0.325 e. The first-order valence-electron chi connectivity index (χ1n) is 11.2. The average molecular weight is 482 g/mol. The fourth-order valence-corrected chi connectivity index (χ4v) is 4.00. The zero-order chi connectivity index (χ0) is 24.8. The van der Waals surface area contributed by atoms with Crippen LogP contribution in [0.3, 0.4) is 0 Å². The van der Waals surface area contributed by atoms with Crippen LogP contribution in [0.4, 0.5) is 10.1 Å². The molecular weight excluding hydrogens is 463 g/mol. The van der Waals surface area contributed by atoms with Crippen molar-refractivity contribution in [1.82, 2.24) is 44.7 Å². The molecule has 0 atom stereocenters. The summed E-state index contributed by atoms with van der Waals surface area (Å²) in [7, 11) is 0. The molecule has 0 aliphatic rings. The van der Waals surface area contributed by atoms with Crippen molar-refractivity contribution in [3.05, 3.63) is 61.0 Å². The Labute approximate surface area is 202 Å². The lowest BCUT2D eigenvalue weighted by atomic mass is 10.1. The lowest BCUT2D eigenvalue weighted by Gasteiger charge is -2.07. The summed E-state index contributed by atoms with van der Waals surface area (Å²) in [6, 6.07) is 3.48. The molecule has 0 aromatic carbocycles. The highest BCUT2D eigenvalue weighted by Gasteiger charge is 2.21. The molecule has 0 saturated carbocycles. The number of rotatable bonds is 5. The Bertz CT molecular complexity index is 1770. The SMILES string of the molecule is CCC(=O)Nc1cncc(-c2cnc3[nH]nc(-c4nc5c(-n6cnc(C)c6)ccnc5[nH]4)c3c2F)c1. The van der Waals surface area contributed by atoms with Crippen molar-refractivity contribution >= 4 is 33.8 Å². The molecule has 36 heavy (non-hydrogen) atoms. The Hall–Kier alpha value is -5.00. The van der Waals surface area contributed by atoms with Gasteiger partial charge in [0.2, 0.25) is 5.91 Å². The number of H-pyrrole nitrogens is 2. The molecule has 3 N–H and O–H groups in total. The van der Waals surface area contributed by atoms with Gasteiger partial charge in [-0.05, 0) is 19.1 Å². The topological polar surface area (TPSA) is 143 Å². The molecule has 11 nitrogen and oxygen atoms in total. The van der Waals surface area contributed by atoms with Crippen molar-refractivity contribution in [3.63, 3.8) is 0 Å². The minimum absolute atomic E-state index is 0.163. The molecule has 6 heterocycles. The second-order valence-electron chi connectivity index (χ2n) is 8.18. The molecule has 0 aliphatic heterocycles. The molecule has 0 spiro atoms. The second kappa shape index (κ2) is 8.34. The minimum Gasteiger partial charge on any atom is -0.325 e. The molecule has 1 amide bonds. The summed E-state index contributed by atoms with van der Waals surface area (Å²) in [6.45, 7) is 3.65. The van der Waals surface area contributed by atoms with Gasteiger partial charge in [0.05, 0.1) is 35.0 Å². The van der Waals surface area contributed by atoms with Crippen LogP contribution in [-0.2, 0) is 4.79 Å². The van der Waals surface area contributed by atoms with E-state index in [1.165, 1.54) is 18.6 Å². The van der Waals surface area contributed by atoms with Crippen LogP contribution in [0.15, 0.2) is 49.4 Å². The maximum atomic E-state index is 15.9. The maximum Gasteiger partial charge on any atom is 0.224 e. The van der Waals surface area contributed by atoms with E-state index in [1.807, 2.05) is 23.8 Å². The highest BCUT2D eigenvalue weighted by atomic mass is 19.1. The van der Waals surface area contributed by atoms with Crippen LogP contribution in [-0.4, -0.2) is 50.6 Å². The number of imidazole rings is 2. The third-order valence-corrected chi connectivity index (χ3v) is 5.76. The number of hydrogen-bond acceptors (Lipinski definition) is 7. The summed E-state index contributed by atoms with van der Waals surface area (Å²) >= 11 is 0. The molecule has 12 heteroatoms. The second-order valence-corrected chi connectivity index (χ2v) is 8.18. The van der Waals surface area contributed by atoms with E-state index in [9.17, 15) is 4.79 Å². The van der Waals surface area contributed by atoms with Gasteiger partial charge < -0.3 is 14.9 Å². The van der Waals surface area contributed by atoms with Crippen LogP contribution in [0.1, 0.15) is 19.0 Å². The average Bonchev–Trinajstić information content (AvgIpc) is 3.62. The first kappa shape index (κ1) is 21.5. The van der Waals surface area contributed by atoms with E-state index in [-0.39, 0.29) is 28.2 Å². The van der Waals surface area contributed by atoms with Crippen LogP contribution in [0.2, 0.25) is 0 Å². The van der Waals surface area contributed by atoms with Gasteiger partial charge in [-0.2, -0.15) is 5.10 Å². The van der Waals surface area contributed by atoms with Crippen LogP contribution >= 0.6 is 0 Å². The van der Waals surface area contributed by atoms with Gasteiger partial charge in [-0.3, -0.25) is 14.9 Å². The number of aromatic amines is 2. The van der Waals surface area contributed by atoms with Crippen molar-refractivity contribution in [1.29, 1.82) is 0 Å². The Balaban J connectivity index is 1.47. The van der Waals surface area contributed by atoms with E-state index in [0.717, 1.165) is 11.4 Å². The van der Waals surface area contributed by atoms with Crippen LogP contribution in [0.25, 0.3) is 50.5 Å². The number of aromatic nitrogens is 9. The third kappa shape index (κ3) is 3.55. The third-order valence-electron chi connectivity index (χ3n) is 5.76. The van der Waals surface area contributed by atoms with Gasteiger partial charge in [0.25, 0.3) is 0 Å². The summed E-state index contributed by atoms with van der Waals surface area (Å²) in [5.74, 6) is -0.361. The molecule has 0 radical (unpaired) electrons. The maximum absolute atomic E-state index is 15.9. The summed E-state index contributed by atoms with van der Waals surface area (Å²) in [4.78, 5) is 36.7. The van der Waals surface area contributed by atoms with E-state index in [1.54, 1.807) is 25.5 Å². The smallest absolute Gasteiger partial charge is 0.224 e. The Morgan fingerprint density at radius 3 is 2.86 bits per heavy atom. The monoisotopic (exact) mass is 482 g/mol. The molecule has 0 bridgehead atoms. The van der Waals surface area contributed by atoms with Gasteiger partial charge in [0, 0.05) is 42.3 Å². The fraction of sp³-hybridized carbons (Fsp3) is 0.125. The molecule has 178 valence electrons. The number of amides is 1. The summed E-state index contributed by atoms with van der Waals surface area (Å²) in [5.41, 5.74) is 4.45. The highest BCUT2D eigenvalue weighted by molar-refractivity contribution is 5.95. The van der Waals surface area contributed by atoms with Gasteiger partial charge in [0.1, 0.15) is 17.0 Å². The van der Waals surface area contributed by atoms with Crippen molar-refractivity contribution in [2.24, 2.45) is 0 Å². The number of carbonyl (C=O) groups is 1. The van der Waals surface area contributed by atoms with Gasteiger partial charge in [-0.15, -0.1) is 0 Å². The van der Waals surface area contributed by atoms with Crippen molar-refractivity contribution in [2.45, 2.75) is 20.3 Å². The lowest BCUT2D eigenvalue weighted by molar-refractivity contribution is -0.115. The molecule has 6 aromatic rings. The number of aryl methyl sites for hydroxylation is 1. The summed E-state index contributed by atoms with van der Waals surface area (Å²) in [5, 5.41) is 9.98.